The first-order chi connectivity index (χ1) is 9.68. The Kier molecular flexibility index (Phi) is 4.04. The zero-order valence-electron chi connectivity index (χ0n) is 11.2. The van der Waals surface area contributed by atoms with E-state index >= 15 is 0 Å². The van der Waals surface area contributed by atoms with Gasteiger partial charge in [-0.3, -0.25) is 4.79 Å². The number of amides is 1. The summed E-state index contributed by atoms with van der Waals surface area (Å²) in [5.41, 5.74) is 1.30. The van der Waals surface area contributed by atoms with Crippen LogP contribution in [0.1, 0.15) is 21.8 Å². The Morgan fingerprint density at radius 1 is 1.33 bits per heavy atom. The summed E-state index contributed by atoms with van der Waals surface area (Å²) in [5.74, 6) is -0.512. The van der Waals surface area contributed by atoms with Gasteiger partial charge in [-0.25, -0.2) is 13.6 Å². The Hall–Kier alpha value is -1.90. The van der Waals surface area contributed by atoms with Gasteiger partial charge in [0.05, 0.1) is 21.3 Å². The summed E-state index contributed by atoms with van der Waals surface area (Å²) in [6.07, 6.45) is 0. The van der Waals surface area contributed by atoms with Gasteiger partial charge in [-0.15, -0.1) is 0 Å². The molecule has 0 radical (unpaired) electrons. The van der Waals surface area contributed by atoms with Gasteiger partial charge >= 0.3 is 0 Å². The number of aromatic nitrogens is 1. The smallest absolute Gasteiger partial charge is 0.294 e. The van der Waals surface area contributed by atoms with Crippen molar-refractivity contribution in [2.45, 2.75) is 18.7 Å². The highest BCUT2D eigenvalue weighted by Gasteiger charge is 2.18. The number of aryl methyl sites for hydroxylation is 2. The number of rotatable bonds is 3. The zero-order chi connectivity index (χ0) is 15.8. The fourth-order valence-electron chi connectivity index (χ4n) is 1.68. The molecule has 2 aromatic rings. The van der Waals surface area contributed by atoms with Crippen LogP contribution >= 0.6 is 11.6 Å². The van der Waals surface area contributed by atoms with Crippen LogP contribution in [-0.4, -0.2) is 19.5 Å². The van der Waals surface area contributed by atoms with E-state index in [4.69, 9.17) is 21.3 Å². The van der Waals surface area contributed by atoms with E-state index in [1.165, 1.54) is 18.2 Å². The summed E-state index contributed by atoms with van der Waals surface area (Å²) in [7, 11) is -3.87. The lowest BCUT2D eigenvalue weighted by atomic mass is 10.2. The molecule has 0 aliphatic heterocycles. The van der Waals surface area contributed by atoms with Gasteiger partial charge in [0.1, 0.15) is 0 Å². The van der Waals surface area contributed by atoms with Crippen molar-refractivity contribution in [2.75, 3.05) is 5.32 Å². The highest BCUT2D eigenvalue weighted by molar-refractivity contribution is 7.89. The van der Waals surface area contributed by atoms with Crippen LogP contribution in [0.4, 0.5) is 5.69 Å². The van der Waals surface area contributed by atoms with Gasteiger partial charge in [0.15, 0.2) is 0 Å². The number of hydrogen-bond acceptors (Lipinski definition) is 5. The minimum absolute atomic E-state index is 0.0264. The largest absolute Gasteiger partial charge is 0.351 e. The molecule has 0 unspecified atom stereocenters. The Balaban J connectivity index is 2.35. The van der Waals surface area contributed by atoms with Crippen molar-refractivity contribution < 1.29 is 17.7 Å². The van der Waals surface area contributed by atoms with E-state index < -0.39 is 15.9 Å². The lowest BCUT2D eigenvalue weighted by molar-refractivity contribution is 0.0988. The van der Waals surface area contributed by atoms with Gasteiger partial charge in [-0.1, -0.05) is 16.8 Å². The van der Waals surface area contributed by atoms with E-state index in [1.807, 2.05) is 0 Å². The number of benzene rings is 1. The molecule has 112 valence electrons. The number of halogens is 1. The molecule has 2 rings (SSSR count). The van der Waals surface area contributed by atoms with E-state index in [9.17, 15) is 13.2 Å². The number of primary sulfonamides is 1. The minimum Gasteiger partial charge on any atom is -0.351 e. The number of nitrogens with two attached hydrogens (primary N) is 1. The molecule has 0 saturated heterocycles. The quantitative estimate of drug-likeness (QED) is 0.891. The molecule has 0 fully saturated rings. The van der Waals surface area contributed by atoms with Crippen molar-refractivity contribution in [3.63, 3.8) is 0 Å². The van der Waals surface area contributed by atoms with Gasteiger partial charge in [0.2, 0.25) is 15.8 Å². The average molecular weight is 330 g/mol. The molecule has 1 heterocycles. The summed E-state index contributed by atoms with van der Waals surface area (Å²) < 4.78 is 27.4. The van der Waals surface area contributed by atoms with Crippen LogP contribution in [0, 0.1) is 13.8 Å². The van der Waals surface area contributed by atoms with E-state index in [0.29, 0.717) is 11.3 Å². The molecule has 3 N–H and O–H groups in total. The van der Waals surface area contributed by atoms with Crippen molar-refractivity contribution in [2.24, 2.45) is 5.14 Å². The molecule has 0 bridgehead atoms. The molecule has 0 saturated carbocycles. The van der Waals surface area contributed by atoms with Gasteiger partial charge in [0, 0.05) is 6.07 Å². The molecule has 7 nitrogen and oxygen atoms in total. The molecular formula is C12H12ClN3O4S. The minimum atomic E-state index is -3.87. The maximum Gasteiger partial charge on any atom is 0.294 e. The molecule has 1 aromatic heterocycles. The summed E-state index contributed by atoms with van der Waals surface area (Å²) >= 11 is 6.00. The van der Waals surface area contributed by atoms with Crippen LogP contribution in [0.3, 0.4) is 0 Å². The van der Waals surface area contributed by atoms with Crippen molar-refractivity contribution >= 4 is 33.2 Å². The predicted molar refractivity (Wildman–Crippen MR) is 76.8 cm³/mol. The van der Waals surface area contributed by atoms with Crippen LogP contribution in [0.2, 0.25) is 5.02 Å². The van der Waals surface area contributed by atoms with Crippen LogP contribution in [-0.2, 0) is 10.0 Å². The fraction of sp³-hybridized carbons (Fsp3) is 0.167. The van der Waals surface area contributed by atoms with E-state index in [0.717, 1.165) is 0 Å². The molecule has 1 amide bonds. The second-order valence-electron chi connectivity index (χ2n) is 4.43. The Morgan fingerprint density at radius 2 is 2.00 bits per heavy atom. The third kappa shape index (κ3) is 3.41. The molecule has 21 heavy (non-hydrogen) atoms. The highest BCUT2D eigenvalue weighted by atomic mass is 35.5. The van der Waals surface area contributed by atoms with Crippen LogP contribution < -0.4 is 10.5 Å². The second-order valence-corrected chi connectivity index (χ2v) is 6.40. The van der Waals surface area contributed by atoms with E-state index in [-0.39, 0.29) is 21.4 Å². The maximum absolute atomic E-state index is 12.0. The third-order valence-corrected chi connectivity index (χ3v) is 3.87. The van der Waals surface area contributed by atoms with Crippen molar-refractivity contribution in [1.82, 2.24) is 5.16 Å². The molecule has 0 atom stereocenters. The predicted octanol–water partition coefficient (Wildman–Crippen LogP) is 1.84. The molecule has 0 aliphatic carbocycles. The normalized spacial score (nSPS) is 11.4. The fourth-order valence-corrected chi connectivity index (χ4v) is 2.68. The summed E-state index contributed by atoms with van der Waals surface area (Å²) in [5, 5.41) is 11.3. The van der Waals surface area contributed by atoms with Crippen LogP contribution in [0.5, 0.6) is 0 Å². The topological polar surface area (TPSA) is 115 Å². The Morgan fingerprint density at radius 3 is 2.48 bits per heavy atom. The monoisotopic (exact) mass is 329 g/mol. The van der Waals surface area contributed by atoms with Crippen LogP contribution in [0.25, 0.3) is 0 Å². The SMILES string of the molecule is Cc1cc(C(=O)Nc2c(C)cc(S(N)(=O)=O)cc2Cl)on1. The Bertz CT molecular complexity index is 791. The van der Waals surface area contributed by atoms with E-state index in [1.54, 1.807) is 13.8 Å². The standard InChI is InChI=1S/C12H12ClN3O4S/c1-6-3-8(21(14,18)19)5-9(13)11(6)15-12(17)10-4-7(2)16-20-10/h3-5H,1-2H3,(H,15,17)(H2,14,18,19). The number of carbonyl (C=O) groups is 1. The van der Waals surface area contributed by atoms with Gasteiger partial charge in [-0.2, -0.15) is 0 Å². The molecule has 9 heteroatoms. The second kappa shape index (κ2) is 5.47. The molecule has 1 aromatic carbocycles. The molecule has 0 spiro atoms. The first-order valence-corrected chi connectivity index (χ1v) is 7.68. The lowest BCUT2D eigenvalue weighted by Crippen LogP contribution is -2.15. The molecule has 0 aliphatic rings. The van der Waals surface area contributed by atoms with Gasteiger partial charge < -0.3 is 9.84 Å². The van der Waals surface area contributed by atoms with Gasteiger partial charge in [-0.05, 0) is 31.5 Å². The first kappa shape index (κ1) is 15.5. The van der Waals surface area contributed by atoms with Crippen LogP contribution in [0.15, 0.2) is 27.6 Å². The number of nitrogens with zero attached hydrogens (tertiary/aromatic N) is 1. The van der Waals surface area contributed by atoms with Crippen molar-refractivity contribution in [1.29, 1.82) is 0 Å². The van der Waals surface area contributed by atoms with Crippen molar-refractivity contribution in [3.8, 4) is 0 Å². The maximum atomic E-state index is 12.0. The van der Waals surface area contributed by atoms with Gasteiger partial charge in [0.25, 0.3) is 5.91 Å². The number of hydrogen-bond donors (Lipinski definition) is 2. The lowest BCUT2D eigenvalue weighted by Gasteiger charge is -2.11. The summed E-state index contributed by atoms with van der Waals surface area (Å²) in [6, 6.07) is 3.96. The number of anilines is 1. The average Bonchev–Trinajstić information content (AvgIpc) is 2.79. The number of carbonyl (C=O) groups excluding carboxylic acids is 1. The number of sulfonamides is 1. The third-order valence-electron chi connectivity index (χ3n) is 2.68. The van der Waals surface area contributed by atoms with E-state index in [2.05, 4.69) is 10.5 Å². The highest BCUT2D eigenvalue weighted by Crippen LogP contribution is 2.29. The Labute approximate surface area is 126 Å². The number of nitrogens with one attached hydrogen (secondary N) is 1. The summed E-state index contributed by atoms with van der Waals surface area (Å²) in [6.45, 7) is 3.28. The van der Waals surface area contributed by atoms with Crippen molar-refractivity contribution in [3.05, 3.63) is 40.2 Å². The first-order valence-electron chi connectivity index (χ1n) is 5.76. The molecular weight excluding hydrogens is 318 g/mol. The zero-order valence-corrected chi connectivity index (χ0v) is 12.7. The summed E-state index contributed by atoms with van der Waals surface area (Å²) in [4.78, 5) is 11.8.